The number of ether oxygens (including phenoxy) is 1. The van der Waals surface area contributed by atoms with Gasteiger partial charge >= 0.3 is 0 Å². The van der Waals surface area contributed by atoms with Gasteiger partial charge in [0.05, 0.1) is 5.39 Å². The fraction of sp³-hybridized carbons (Fsp3) is 0.333. The van der Waals surface area contributed by atoms with Crippen molar-refractivity contribution in [2.45, 2.75) is 0 Å². The molecule has 3 aromatic rings. The van der Waals surface area contributed by atoms with Gasteiger partial charge in [0.2, 0.25) is 5.95 Å². The highest BCUT2D eigenvalue weighted by atomic mass is 32.1. The van der Waals surface area contributed by atoms with E-state index in [1.165, 1.54) is 0 Å². The summed E-state index contributed by atoms with van der Waals surface area (Å²) in [7, 11) is 0. The van der Waals surface area contributed by atoms with Crippen LogP contribution >= 0.6 is 11.3 Å². The quantitative estimate of drug-likeness (QED) is 0.758. The molecule has 3 heterocycles. The molecule has 0 aliphatic carbocycles. The van der Waals surface area contributed by atoms with Gasteiger partial charge in [-0.15, -0.1) is 11.3 Å². The Morgan fingerprint density at radius 3 is 2.64 bits per heavy atom. The number of nitrogens with two attached hydrogens (primary N) is 1. The van der Waals surface area contributed by atoms with Crippen LogP contribution < -0.4 is 15.4 Å². The van der Waals surface area contributed by atoms with E-state index in [9.17, 15) is 0 Å². The Morgan fingerprint density at radius 2 is 1.84 bits per heavy atom. The molecule has 0 unspecified atom stereocenters. The van der Waals surface area contributed by atoms with Gasteiger partial charge in [-0.05, 0) is 23.6 Å². The predicted octanol–water partition coefficient (Wildman–Crippen LogP) is 2.47. The molecule has 4 rings (SSSR count). The average molecular weight is 355 g/mol. The van der Waals surface area contributed by atoms with E-state index in [0.717, 1.165) is 54.5 Å². The third-order valence-corrected chi connectivity index (χ3v) is 5.22. The molecule has 6 nitrogen and oxygen atoms in total. The number of hydrogen-bond acceptors (Lipinski definition) is 7. The highest BCUT2D eigenvalue weighted by Crippen LogP contribution is 2.29. The minimum Gasteiger partial charge on any atom is -0.492 e. The summed E-state index contributed by atoms with van der Waals surface area (Å²) in [6.07, 6.45) is 0. The SMILES string of the molecule is Nc1nc(N2CCN(CCOc3ccccc3)CC2)c2ccsc2n1. The summed E-state index contributed by atoms with van der Waals surface area (Å²) in [5.74, 6) is 2.24. The summed E-state index contributed by atoms with van der Waals surface area (Å²) in [6, 6.07) is 12.0. The molecule has 130 valence electrons. The Balaban J connectivity index is 1.33. The summed E-state index contributed by atoms with van der Waals surface area (Å²) in [5.41, 5.74) is 5.87. The van der Waals surface area contributed by atoms with E-state index in [0.29, 0.717) is 12.6 Å². The van der Waals surface area contributed by atoms with Gasteiger partial charge in [-0.2, -0.15) is 4.98 Å². The number of fused-ring (bicyclic) bond motifs is 1. The first-order chi connectivity index (χ1) is 12.3. The second kappa shape index (κ2) is 7.25. The lowest BCUT2D eigenvalue weighted by Gasteiger charge is -2.35. The number of nitrogen functional groups attached to an aromatic ring is 1. The van der Waals surface area contributed by atoms with Crippen LogP contribution in [0.5, 0.6) is 5.75 Å². The Kier molecular flexibility index (Phi) is 4.67. The molecular weight excluding hydrogens is 334 g/mol. The van der Waals surface area contributed by atoms with E-state index >= 15 is 0 Å². The summed E-state index contributed by atoms with van der Waals surface area (Å²) in [5, 5.41) is 3.14. The zero-order valence-corrected chi connectivity index (χ0v) is 14.8. The third-order valence-electron chi connectivity index (χ3n) is 4.41. The molecule has 0 amide bonds. The minimum atomic E-state index is 0.351. The molecule has 0 atom stereocenters. The first-order valence-electron chi connectivity index (χ1n) is 8.45. The largest absolute Gasteiger partial charge is 0.492 e. The molecule has 1 aliphatic rings. The number of aromatic nitrogens is 2. The molecule has 1 aliphatic heterocycles. The van der Waals surface area contributed by atoms with Crippen LogP contribution in [0.3, 0.4) is 0 Å². The van der Waals surface area contributed by atoms with Gasteiger partial charge in [0.1, 0.15) is 23.0 Å². The monoisotopic (exact) mass is 355 g/mol. The molecule has 0 bridgehead atoms. The number of nitrogens with zero attached hydrogens (tertiary/aromatic N) is 4. The van der Waals surface area contributed by atoms with Gasteiger partial charge in [-0.25, -0.2) is 4.98 Å². The van der Waals surface area contributed by atoms with Crippen LogP contribution in [-0.4, -0.2) is 54.2 Å². The summed E-state index contributed by atoms with van der Waals surface area (Å²) >= 11 is 1.60. The molecule has 7 heteroatoms. The molecule has 2 N–H and O–H groups in total. The standard InChI is InChI=1S/C18H21N5OS/c19-18-20-16(15-6-13-25-17(15)21-18)23-9-7-22(8-10-23)11-12-24-14-4-2-1-3-5-14/h1-6,13H,7-12H2,(H2,19,20,21). The number of rotatable bonds is 5. The van der Waals surface area contributed by atoms with Crippen molar-refractivity contribution in [2.75, 3.05) is 50.0 Å². The van der Waals surface area contributed by atoms with E-state index in [1.807, 2.05) is 35.7 Å². The lowest BCUT2D eigenvalue weighted by atomic mass is 10.2. The number of hydrogen-bond donors (Lipinski definition) is 1. The van der Waals surface area contributed by atoms with E-state index in [2.05, 4.69) is 25.8 Å². The topological polar surface area (TPSA) is 67.5 Å². The fourth-order valence-corrected chi connectivity index (χ4v) is 3.86. The fourth-order valence-electron chi connectivity index (χ4n) is 3.09. The lowest BCUT2D eigenvalue weighted by molar-refractivity contribution is 0.200. The minimum absolute atomic E-state index is 0.351. The van der Waals surface area contributed by atoms with Gasteiger partial charge in [0, 0.05) is 32.7 Å². The molecule has 1 fully saturated rings. The summed E-state index contributed by atoms with van der Waals surface area (Å²) in [4.78, 5) is 14.5. The predicted molar refractivity (Wildman–Crippen MR) is 102 cm³/mol. The van der Waals surface area contributed by atoms with E-state index in [-0.39, 0.29) is 0 Å². The van der Waals surface area contributed by atoms with Crippen LogP contribution in [0.4, 0.5) is 11.8 Å². The Hall–Kier alpha value is -2.38. The van der Waals surface area contributed by atoms with Crippen LogP contribution in [0.25, 0.3) is 10.2 Å². The van der Waals surface area contributed by atoms with Gasteiger partial charge < -0.3 is 15.4 Å². The van der Waals surface area contributed by atoms with Gasteiger partial charge in [0.25, 0.3) is 0 Å². The van der Waals surface area contributed by atoms with Crippen LogP contribution in [0.2, 0.25) is 0 Å². The molecule has 0 radical (unpaired) electrons. The van der Waals surface area contributed by atoms with Crippen molar-refractivity contribution in [1.82, 2.24) is 14.9 Å². The van der Waals surface area contributed by atoms with Gasteiger partial charge in [0.15, 0.2) is 0 Å². The van der Waals surface area contributed by atoms with Crippen LogP contribution in [0.1, 0.15) is 0 Å². The average Bonchev–Trinajstić information content (AvgIpc) is 3.11. The number of benzene rings is 1. The van der Waals surface area contributed by atoms with Gasteiger partial charge in [-0.3, -0.25) is 4.90 Å². The molecule has 0 spiro atoms. The summed E-state index contributed by atoms with van der Waals surface area (Å²) in [6.45, 7) is 5.50. The maximum atomic E-state index is 5.87. The van der Waals surface area contributed by atoms with Crippen molar-refractivity contribution in [3.05, 3.63) is 41.8 Å². The van der Waals surface area contributed by atoms with Crippen molar-refractivity contribution < 1.29 is 4.74 Å². The number of thiophene rings is 1. The van der Waals surface area contributed by atoms with Crippen molar-refractivity contribution in [2.24, 2.45) is 0 Å². The third kappa shape index (κ3) is 3.67. The summed E-state index contributed by atoms with van der Waals surface area (Å²) < 4.78 is 5.79. The highest BCUT2D eigenvalue weighted by Gasteiger charge is 2.20. The van der Waals surface area contributed by atoms with Crippen molar-refractivity contribution in [3.63, 3.8) is 0 Å². The first kappa shape index (κ1) is 16.1. The first-order valence-corrected chi connectivity index (χ1v) is 9.33. The molecular formula is C18H21N5OS. The van der Waals surface area contributed by atoms with Crippen LogP contribution in [0, 0.1) is 0 Å². The maximum Gasteiger partial charge on any atom is 0.223 e. The zero-order chi connectivity index (χ0) is 17.1. The van der Waals surface area contributed by atoms with Crippen molar-refractivity contribution >= 4 is 33.3 Å². The van der Waals surface area contributed by atoms with Gasteiger partial charge in [-0.1, -0.05) is 18.2 Å². The normalized spacial score (nSPS) is 15.6. The van der Waals surface area contributed by atoms with Crippen LogP contribution in [-0.2, 0) is 0 Å². The number of piperazine rings is 1. The number of anilines is 2. The molecule has 1 aromatic carbocycles. The van der Waals surface area contributed by atoms with E-state index in [1.54, 1.807) is 11.3 Å². The maximum absolute atomic E-state index is 5.87. The van der Waals surface area contributed by atoms with Crippen molar-refractivity contribution in [3.8, 4) is 5.75 Å². The second-order valence-electron chi connectivity index (χ2n) is 6.04. The Labute approximate surface area is 150 Å². The van der Waals surface area contributed by atoms with E-state index < -0.39 is 0 Å². The Bertz CT molecular complexity index is 830. The molecule has 1 saturated heterocycles. The molecule has 0 saturated carbocycles. The lowest BCUT2D eigenvalue weighted by Crippen LogP contribution is -2.47. The second-order valence-corrected chi connectivity index (χ2v) is 6.93. The molecule has 2 aromatic heterocycles. The Morgan fingerprint density at radius 1 is 1.04 bits per heavy atom. The molecule has 25 heavy (non-hydrogen) atoms. The smallest absolute Gasteiger partial charge is 0.223 e. The van der Waals surface area contributed by atoms with E-state index in [4.69, 9.17) is 10.5 Å². The highest BCUT2D eigenvalue weighted by molar-refractivity contribution is 7.16. The number of para-hydroxylation sites is 1. The zero-order valence-electron chi connectivity index (χ0n) is 14.0. The van der Waals surface area contributed by atoms with Crippen molar-refractivity contribution in [1.29, 1.82) is 0 Å². The van der Waals surface area contributed by atoms with Crippen LogP contribution in [0.15, 0.2) is 41.8 Å².